The van der Waals surface area contributed by atoms with Crippen LogP contribution in [0.15, 0.2) is 0 Å². The molecule has 0 fully saturated rings. The molecule has 0 unspecified atom stereocenters. The summed E-state index contributed by atoms with van der Waals surface area (Å²) in [7, 11) is 0. The molecule has 5 heteroatoms. The predicted molar refractivity (Wildman–Crippen MR) is 59.8 cm³/mol. The molecule has 0 aliphatic rings. The van der Waals surface area contributed by atoms with Gasteiger partial charge >= 0.3 is 0 Å². The van der Waals surface area contributed by atoms with E-state index in [1.54, 1.807) is 4.68 Å². The summed E-state index contributed by atoms with van der Waals surface area (Å²) in [6.45, 7) is 4.94. The number of aryl methyl sites for hydroxylation is 1. The second-order valence-corrected chi connectivity index (χ2v) is 3.75. The number of rotatable bonds is 6. The van der Waals surface area contributed by atoms with Crippen molar-refractivity contribution in [3.8, 4) is 6.07 Å². The van der Waals surface area contributed by atoms with Crippen LogP contribution in [0.4, 0.5) is 0 Å². The zero-order chi connectivity index (χ0) is 12.0. The molecule has 0 bridgehead atoms. The van der Waals surface area contributed by atoms with Crippen molar-refractivity contribution in [1.82, 2.24) is 15.0 Å². The van der Waals surface area contributed by atoms with Crippen LogP contribution < -0.4 is 0 Å². The molecule has 0 aliphatic heterocycles. The van der Waals surface area contributed by atoms with Gasteiger partial charge in [-0.15, -0.1) is 5.10 Å². The van der Waals surface area contributed by atoms with Crippen LogP contribution in [0.25, 0.3) is 0 Å². The topological polar surface area (TPSA) is 74.7 Å². The maximum atomic E-state index is 8.98. The number of nitriles is 1. The molecule has 0 saturated heterocycles. The molecule has 88 valence electrons. The third kappa shape index (κ3) is 2.58. The van der Waals surface area contributed by atoms with Gasteiger partial charge in [-0.05, 0) is 19.3 Å². The van der Waals surface area contributed by atoms with Gasteiger partial charge in [-0.2, -0.15) is 5.26 Å². The Hall–Kier alpha value is -1.41. The van der Waals surface area contributed by atoms with Crippen molar-refractivity contribution < 1.29 is 5.11 Å². The molecule has 1 heterocycles. The number of hydrogen-bond donors (Lipinski definition) is 1. The molecule has 1 rings (SSSR count). The van der Waals surface area contributed by atoms with Gasteiger partial charge in [0.05, 0.1) is 5.69 Å². The van der Waals surface area contributed by atoms with Gasteiger partial charge in [0.1, 0.15) is 6.07 Å². The lowest BCUT2D eigenvalue weighted by atomic mass is 9.97. The molecule has 16 heavy (non-hydrogen) atoms. The van der Waals surface area contributed by atoms with Crippen molar-refractivity contribution in [3.63, 3.8) is 0 Å². The molecule has 0 radical (unpaired) electrons. The summed E-state index contributed by atoms with van der Waals surface area (Å²) in [5.74, 6) is 0.323. The maximum Gasteiger partial charge on any atom is 0.186 e. The van der Waals surface area contributed by atoms with Gasteiger partial charge < -0.3 is 5.11 Å². The third-order valence-corrected chi connectivity index (χ3v) is 2.78. The smallest absolute Gasteiger partial charge is 0.186 e. The monoisotopic (exact) mass is 222 g/mol. The quantitative estimate of drug-likeness (QED) is 0.790. The van der Waals surface area contributed by atoms with Gasteiger partial charge in [0, 0.05) is 19.1 Å². The average molecular weight is 222 g/mol. The Labute approximate surface area is 95.7 Å². The minimum atomic E-state index is 0.129. The van der Waals surface area contributed by atoms with Crippen molar-refractivity contribution in [2.45, 2.75) is 45.6 Å². The average Bonchev–Trinajstić information content (AvgIpc) is 2.71. The van der Waals surface area contributed by atoms with E-state index in [1.165, 1.54) is 0 Å². The Morgan fingerprint density at radius 2 is 2.12 bits per heavy atom. The van der Waals surface area contributed by atoms with E-state index < -0.39 is 0 Å². The Morgan fingerprint density at radius 3 is 2.62 bits per heavy atom. The summed E-state index contributed by atoms with van der Waals surface area (Å²) < 4.78 is 1.76. The number of hydrogen-bond acceptors (Lipinski definition) is 4. The highest BCUT2D eigenvalue weighted by Crippen LogP contribution is 2.24. The largest absolute Gasteiger partial charge is 0.396 e. The number of aromatic nitrogens is 3. The molecule has 1 aromatic heterocycles. The zero-order valence-corrected chi connectivity index (χ0v) is 9.85. The molecule has 1 N–H and O–H groups in total. The Morgan fingerprint density at radius 1 is 1.44 bits per heavy atom. The van der Waals surface area contributed by atoms with Crippen LogP contribution in [0, 0.1) is 11.3 Å². The van der Waals surface area contributed by atoms with Crippen LogP contribution in [0.3, 0.4) is 0 Å². The van der Waals surface area contributed by atoms with Crippen LogP contribution in [0.5, 0.6) is 0 Å². The summed E-state index contributed by atoms with van der Waals surface area (Å²) in [6.07, 6.45) is 2.58. The highest BCUT2D eigenvalue weighted by Gasteiger charge is 2.19. The van der Waals surface area contributed by atoms with Gasteiger partial charge in [-0.3, -0.25) is 0 Å². The predicted octanol–water partition coefficient (Wildman–Crippen LogP) is 1.44. The summed E-state index contributed by atoms with van der Waals surface area (Å²) in [5.41, 5.74) is 1.34. The van der Waals surface area contributed by atoms with Crippen molar-refractivity contribution in [1.29, 1.82) is 5.26 Å². The summed E-state index contributed by atoms with van der Waals surface area (Å²) in [4.78, 5) is 0. The number of aliphatic hydroxyl groups excluding tert-OH is 1. The molecule has 0 spiro atoms. The minimum Gasteiger partial charge on any atom is -0.396 e. The molecule has 0 saturated carbocycles. The van der Waals surface area contributed by atoms with E-state index in [1.807, 2.05) is 0 Å². The zero-order valence-electron chi connectivity index (χ0n) is 9.85. The van der Waals surface area contributed by atoms with E-state index >= 15 is 0 Å². The first-order chi connectivity index (χ1) is 7.78. The number of aliphatic hydroxyl groups is 1. The first kappa shape index (κ1) is 12.7. The summed E-state index contributed by atoms with van der Waals surface area (Å²) in [5, 5.41) is 25.6. The SMILES string of the molecule is CCC(CC)c1c(C#N)nnn1CCCO. The van der Waals surface area contributed by atoms with E-state index in [-0.39, 0.29) is 6.61 Å². The summed E-state index contributed by atoms with van der Waals surface area (Å²) in [6, 6.07) is 2.08. The van der Waals surface area contributed by atoms with Gasteiger partial charge in [0.25, 0.3) is 0 Å². The standard InChI is InChI=1S/C11H18N4O/c1-3-9(4-2)11-10(8-12)13-14-15(11)6-5-7-16/h9,16H,3-7H2,1-2H3. The molecule has 0 atom stereocenters. The van der Waals surface area contributed by atoms with Gasteiger partial charge in [0.15, 0.2) is 5.69 Å². The lowest BCUT2D eigenvalue weighted by Crippen LogP contribution is -2.11. The first-order valence-corrected chi connectivity index (χ1v) is 5.72. The van der Waals surface area contributed by atoms with Crippen LogP contribution in [0.1, 0.15) is 50.4 Å². The van der Waals surface area contributed by atoms with Crippen molar-refractivity contribution in [3.05, 3.63) is 11.4 Å². The van der Waals surface area contributed by atoms with Crippen LogP contribution in [0.2, 0.25) is 0 Å². The van der Waals surface area contributed by atoms with E-state index in [4.69, 9.17) is 10.4 Å². The Balaban J connectivity index is 3.00. The highest BCUT2D eigenvalue weighted by atomic mass is 16.3. The fourth-order valence-corrected chi connectivity index (χ4v) is 1.87. The molecular weight excluding hydrogens is 204 g/mol. The fourth-order valence-electron chi connectivity index (χ4n) is 1.87. The fraction of sp³-hybridized carbons (Fsp3) is 0.727. The van der Waals surface area contributed by atoms with Crippen LogP contribution in [-0.2, 0) is 6.54 Å². The van der Waals surface area contributed by atoms with Crippen molar-refractivity contribution >= 4 is 0 Å². The maximum absolute atomic E-state index is 8.98. The third-order valence-electron chi connectivity index (χ3n) is 2.78. The lowest BCUT2D eigenvalue weighted by molar-refractivity contribution is 0.274. The number of nitrogens with zero attached hydrogens (tertiary/aromatic N) is 4. The van der Waals surface area contributed by atoms with Crippen molar-refractivity contribution in [2.24, 2.45) is 0 Å². The molecule has 0 aliphatic carbocycles. The van der Waals surface area contributed by atoms with E-state index in [2.05, 4.69) is 30.2 Å². The molecular formula is C11H18N4O. The van der Waals surface area contributed by atoms with Gasteiger partial charge in [-0.1, -0.05) is 19.1 Å². The molecule has 5 nitrogen and oxygen atoms in total. The second-order valence-electron chi connectivity index (χ2n) is 3.75. The Kier molecular flexibility index (Phi) is 4.93. The Bertz CT molecular complexity index is 363. The van der Waals surface area contributed by atoms with Crippen LogP contribution >= 0.6 is 0 Å². The van der Waals surface area contributed by atoms with E-state index in [0.717, 1.165) is 18.5 Å². The van der Waals surface area contributed by atoms with Gasteiger partial charge in [-0.25, -0.2) is 4.68 Å². The summed E-state index contributed by atoms with van der Waals surface area (Å²) >= 11 is 0. The normalized spacial score (nSPS) is 10.7. The first-order valence-electron chi connectivity index (χ1n) is 5.72. The molecule has 0 amide bonds. The highest BCUT2D eigenvalue weighted by molar-refractivity contribution is 5.27. The second kappa shape index (κ2) is 6.23. The van der Waals surface area contributed by atoms with E-state index in [0.29, 0.717) is 24.6 Å². The lowest BCUT2D eigenvalue weighted by Gasteiger charge is -2.14. The molecule has 1 aromatic rings. The minimum absolute atomic E-state index is 0.129. The van der Waals surface area contributed by atoms with Gasteiger partial charge in [0.2, 0.25) is 0 Å². The van der Waals surface area contributed by atoms with E-state index in [9.17, 15) is 0 Å². The molecule has 0 aromatic carbocycles. The van der Waals surface area contributed by atoms with Crippen molar-refractivity contribution in [2.75, 3.05) is 6.61 Å². The van der Waals surface area contributed by atoms with Crippen LogP contribution in [-0.4, -0.2) is 26.7 Å².